The van der Waals surface area contributed by atoms with Crippen molar-refractivity contribution in [3.63, 3.8) is 0 Å². The monoisotopic (exact) mass is 423 g/mol. The number of aryl methyl sites for hydroxylation is 2. The fourth-order valence-corrected chi connectivity index (χ4v) is 5.56. The van der Waals surface area contributed by atoms with Gasteiger partial charge in [-0.05, 0) is 44.2 Å². The molecular weight excluding hydrogens is 400 g/mol. The van der Waals surface area contributed by atoms with Crippen LogP contribution < -0.4 is 0 Å². The van der Waals surface area contributed by atoms with Gasteiger partial charge < -0.3 is 4.90 Å². The Bertz CT molecular complexity index is 1230. The second kappa shape index (κ2) is 6.48. The number of carbonyl (C=O) groups is 1. The lowest BCUT2D eigenvalue weighted by atomic mass is 9.94. The van der Waals surface area contributed by atoms with Crippen LogP contribution in [0.2, 0.25) is 0 Å². The van der Waals surface area contributed by atoms with Gasteiger partial charge in [-0.2, -0.15) is 10.2 Å². The molecule has 6 rings (SSSR count). The highest BCUT2D eigenvalue weighted by atomic mass is 19.1. The average molecular weight is 423 g/mol. The van der Waals surface area contributed by atoms with Crippen molar-refractivity contribution in [1.82, 2.24) is 24.5 Å². The molecule has 8 heteroatoms. The van der Waals surface area contributed by atoms with Gasteiger partial charge in [0.2, 0.25) is 0 Å². The minimum absolute atomic E-state index is 0.0216. The van der Waals surface area contributed by atoms with Crippen LogP contribution in [-0.2, 0) is 20.5 Å². The zero-order valence-corrected chi connectivity index (χ0v) is 17.5. The molecule has 4 heterocycles. The molecule has 160 valence electrons. The van der Waals surface area contributed by atoms with Crippen molar-refractivity contribution >= 4 is 5.91 Å². The van der Waals surface area contributed by atoms with Gasteiger partial charge in [-0.15, -0.1) is 0 Å². The first-order chi connectivity index (χ1) is 14.9. The molecule has 2 aliphatic heterocycles. The fraction of sp³-hybridized carbons (Fsp3) is 0.435. The lowest BCUT2D eigenvalue weighted by Gasteiger charge is -2.34. The van der Waals surface area contributed by atoms with Crippen molar-refractivity contribution in [3.05, 3.63) is 58.5 Å². The normalized spacial score (nSPS) is 22.1. The Morgan fingerprint density at radius 2 is 1.90 bits per heavy atom. The van der Waals surface area contributed by atoms with Crippen LogP contribution in [0, 0.1) is 11.6 Å². The Balaban J connectivity index is 1.41. The number of fused-ring (bicyclic) bond motifs is 4. The molecule has 0 spiro atoms. The fourth-order valence-electron chi connectivity index (χ4n) is 5.56. The molecule has 2 aromatic heterocycles. The Morgan fingerprint density at radius 3 is 2.65 bits per heavy atom. The molecule has 3 aromatic rings. The van der Waals surface area contributed by atoms with Gasteiger partial charge in [0, 0.05) is 43.2 Å². The van der Waals surface area contributed by atoms with Crippen LogP contribution in [0.15, 0.2) is 24.4 Å². The first-order valence-corrected chi connectivity index (χ1v) is 10.8. The zero-order valence-electron chi connectivity index (χ0n) is 17.5. The van der Waals surface area contributed by atoms with E-state index >= 15 is 0 Å². The standard InChI is InChI=1S/C23H23F2N5O/c1-28-21(12-3-4-12)17(11-26-28)23(31)30-14-6-8-19(30)20-16(10-14)22(29(2)27-20)15-7-5-13(24)9-18(15)25/h5,7,9,11-12,14,19H,3-4,6,8,10H2,1-2H3/t14-,19+/m0/s1. The van der Waals surface area contributed by atoms with Crippen molar-refractivity contribution in [3.8, 4) is 11.3 Å². The van der Waals surface area contributed by atoms with E-state index in [1.54, 1.807) is 17.9 Å². The van der Waals surface area contributed by atoms with Crippen molar-refractivity contribution in [2.24, 2.45) is 14.1 Å². The van der Waals surface area contributed by atoms with Crippen molar-refractivity contribution in [1.29, 1.82) is 0 Å². The lowest BCUT2D eigenvalue weighted by molar-refractivity contribution is 0.0641. The zero-order chi connectivity index (χ0) is 21.4. The van der Waals surface area contributed by atoms with Gasteiger partial charge in [0.15, 0.2) is 0 Å². The van der Waals surface area contributed by atoms with Crippen LogP contribution in [0.5, 0.6) is 0 Å². The van der Waals surface area contributed by atoms with E-state index in [9.17, 15) is 13.6 Å². The van der Waals surface area contributed by atoms with Crippen LogP contribution in [0.3, 0.4) is 0 Å². The first kappa shape index (κ1) is 18.7. The lowest BCUT2D eigenvalue weighted by Crippen LogP contribution is -2.42. The summed E-state index contributed by atoms with van der Waals surface area (Å²) in [6.07, 6.45) is 6.25. The summed E-state index contributed by atoms with van der Waals surface area (Å²) >= 11 is 0. The summed E-state index contributed by atoms with van der Waals surface area (Å²) in [6.45, 7) is 0. The smallest absolute Gasteiger partial charge is 0.258 e. The Morgan fingerprint density at radius 1 is 1.10 bits per heavy atom. The molecule has 6 nitrogen and oxygen atoms in total. The molecule has 3 aliphatic rings. The minimum atomic E-state index is -0.600. The number of nitrogens with zero attached hydrogens (tertiary/aromatic N) is 5. The van der Waals surface area contributed by atoms with Crippen molar-refractivity contribution < 1.29 is 13.6 Å². The second-order valence-electron chi connectivity index (χ2n) is 8.97. The molecule has 31 heavy (non-hydrogen) atoms. The van der Waals surface area contributed by atoms with Crippen LogP contribution >= 0.6 is 0 Å². The number of aromatic nitrogens is 4. The van der Waals surface area contributed by atoms with Gasteiger partial charge in [0.05, 0.1) is 34.9 Å². The first-order valence-electron chi connectivity index (χ1n) is 10.8. The number of benzene rings is 1. The Kier molecular flexibility index (Phi) is 3.91. The summed E-state index contributed by atoms with van der Waals surface area (Å²) in [4.78, 5) is 15.6. The molecule has 2 bridgehead atoms. The highest BCUT2D eigenvalue weighted by molar-refractivity contribution is 5.96. The number of halogens is 2. The number of rotatable bonds is 3. The van der Waals surface area contributed by atoms with E-state index < -0.39 is 11.6 Å². The van der Waals surface area contributed by atoms with E-state index in [2.05, 4.69) is 5.10 Å². The third-order valence-corrected chi connectivity index (χ3v) is 7.03. The highest BCUT2D eigenvalue weighted by Crippen LogP contribution is 2.48. The van der Waals surface area contributed by atoms with E-state index in [1.165, 1.54) is 12.1 Å². The maximum atomic E-state index is 14.6. The molecule has 1 saturated carbocycles. The minimum Gasteiger partial charge on any atom is -0.327 e. The Labute approximate surface area is 178 Å². The number of hydrogen-bond donors (Lipinski definition) is 0. The van der Waals surface area contributed by atoms with Gasteiger partial charge in [0.25, 0.3) is 5.91 Å². The third-order valence-electron chi connectivity index (χ3n) is 7.03. The van der Waals surface area contributed by atoms with Crippen molar-refractivity contribution in [2.75, 3.05) is 0 Å². The summed E-state index contributed by atoms with van der Waals surface area (Å²) in [7, 11) is 3.68. The molecule has 2 atom stereocenters. The third kappa shape index (κ3) is 2.70. The molecule has 1 aromatic carbocycles. The van der Waals surface area contributed by atoms with Crippen LogP contribution in [-0.4, -0.2) is 36.4 Å². The molecular formula is C23H23F2N5O. The summed E-state index contributed by atoms with van der Waals surface area (Å²) in [5.41, 5.74) is 4.56. The summed E-state index contributed by atoms with van der Waals surface area (Å²) < 4.78 is 31.5. The molecule has 1 amide bonds. The van der Waals surface area contributed by atoms with E-state index in [-0.39, 0.29) is 18.0 Å². The number of carbonyl (C=O) groups excluding carboxylic acids is 1. The van der Waals surface area contributed by atoms with Crippen LogP contribution in [0.25, 0.3) is 11.3 Å². The topological polar surface area (TPSA) is 56.0 Å². The molecule has 0 unspecified atom stereocenters. The molecule has 0 N–H and O–H groups in total. The average Bonchev–Trinajstić information content (AvgIpc) is 3.30. The maximum Gasteiger partial charge on any atom is 0.258 e. The predicted octanol–water partition coefficient (Wildman–Crippen LogP) is 3.88. The van der Waals surface area contributed by atoms with Crippen molar-refractivity contribution in [2.45, 2.75) is 50.1 Å². The van der Waals surface area contributed by atoms with Gasteiger partial charge in [-0.1, -0.05) is 0 Å². The highest BCUT2D eigenvalue weighted by Gasteiger charge is 2.47. The number of hydrogen-bond acceptors (Lipinski definition) is 3. The van der Waals surface area contributed by atoms with Crippen LogP contribution in [0.4, 0.5) is 8.78 Å². The van der Waals surface area contributed by atoms with Gasteiger partial charge in [0.1, 0.15) is 11.6 Å². The quantitative estimate of drug-likeness (QED) is 0.643. The number of amides is 1. The van der Waals surface area contributed by atoms with Gasteiger partial charge in [-0.3, -0.25) is 14.2 Å². The Hall–Kier alpha value is -3.03. The van der Waals surface area contributed by atoms with E-state index in [0.717, 1.165) is 48.7 Å². The summed E-state index contributed by atoms with van der Waals surface area (Å²) in [5, 5.41) is 9.07. The molecule has 0 radical (unpaired) electrons. The summed E-state index contributed by atoms with van der Waals surface area (Å²) in [5.74, 6) is -0.751. The van der Waals surface area contributed by atoms with Gasteiger partial charge >= 0.3 is 0 Å². The largest absolute Gasteiger partial charge is 0.327 e. The molecule has 1 aliphatic carbocycles. The van der Waals surface area contributed by atoms with E-state index in [1.807, 2.05) is 16.6 Å². The summed E-state index contributed by atoms with van der Waals surface area (Å²) in [6, 6.07) is 3.57. The van der Waals surface area contributed by atoms with Crippen LogP contribution in [0.1, 0.15) is 65.0 Å². The van der Waals surface area contributed by atoms with E-state index in [0.29, 0.717) is 29.2 Å². The van der Waals surface area contributed by atoms with E-state index in [4.69, 9.17) is 5.10 Å². The maximum absolute atomic E-state index is 14.6. The molecule has 2 fully saturated rings. The SMILES string of the molecule is Cn1nc2c(c1-c1ccc(F)cc1F)C[C@@H]1CC[C@H]2N1C(=O)c1cnn(C)c1C1CC1. The second-order valence-corrected chi connectivity index (χ2v) is 8.97. The van der Waals surface area contributed by atoms with Gasteiger partial charge in [-0.25, -0.2) is 8.78 Å². The predicted molar refractivity (Wildman–Crippen MR) is 109 cm³/mol. The molecule has 1 saturated heterocycles.